The summed E-state index contributed by atoms with van der Waals surface area (Å²) < 4.78 is 3.35. The number of nitrogens with one attached hydrogen (secondary N) is 1. The van der Waals surface area contributed by atoms with E-state index in [9.17, 15) is 0 Å². The van der Waals surface area contributed by atoms with Gasteiger partial charge in [0, 0.05) is 13.2 Å². The molecule has 0 heterocycles. The van der Waals surface area contributed by atoms with Gasteiger partial charge >= 0.3 is 12.2 Å². The fourth-order valence-electron chi connectivity index (χ4n) is 0.286. The van der Waals surface area contributed by atoms with Gasteiger partial charge in [0.25, 0.3) is 0 Å². The van der Waals surface area contributed by atoms with E-state index in [0.717, 1.165) is 4.61 Å². The van der Waals surface area contributed by atoms with E-state index < -0.39 is 0 Å². The van der Waals surface area contributed by atoms with E-state index >= 15 is 0 Å². The molecule has 0 rings (SSSR count). The minimum absolute atomic E-state index is 0.0812. The molecule has 5 heteroatoms. The molecule has 9 heavy (non-hydrogen) atoms. The highest BCUT2D eigenvalue weighted by atomic mass is 127. The van der Waals surface area contributed by atoms with Crippen LogP contribution in [0, 0.1) is 0 Å². The van der Waals surface area contributed by atoms with Crippen molar-refractivity contribution in [2.24, 2.45) is 0 Å². The normalized spacial score (nSPS) is 10.9. The molecule has 0 aromatic carbocycles. The van der Waals surface area contributed by atoms with Crippen LogP contribution in [0.2, 0.25) is 0 Å². The molecule has 0 unspecified atom stereocenters. The molecule has 0 spiro atoms. The zero-order valence-electron chi connectivity index (χ0n) is 5.49. The predicted molar refractivity (Wildman–Crippen MR) is 55.0 cm³/mol. The van der Waals surface area contributed by atoms with Crippen molar-refractivity contribution in [1.82, 2.24) is 9.20 Å². The van der Waals surface area contributed by atoms with Gasteiger partial charge in [0.05, 0.1) is 4.61 Å². The van der Waals surface area contributed by atoms with E-state index in [2.05, 4.69) is 52.5 Å². The van der Waals surface area contributed by atoms with Gasteiger partial charge in [-0.05, 0) is 23.0 Å². The zero-order valence-corrected chi connectivity index (χ0v) is 10.6. The van der Waals surface area contributed by atoms with Crippen LogP contribution in [-0.2, 0) is 0 Å². The van der Waals surface area contributed by atoms with E-state index in [4.69, 9.17) is 0 Å². The molecule has 0 aliphatic rings. The predicted octanol–water partition coefficient (Wildman–Crippen LogP) is 1.03. The first-order chi connectivity index (χ1) is 4.22. The molecule has 0 aliphatic heterocycles. The zero-order chi connectivity index (χ0) is 7.28. The molecule has 0 aliphatic carbocycles. The Morgan fingerprint density at radius 3 is 2.78 bits per heavy atom. The number of hydrogen-bond acceptors (Lipinski definition) is 2. The van der Waals surface area contributed by atoms with Crippen LogP contribution in [0.5, 0.6) is 0 Å². The van der Waals surface area contributed by atoms with Crippen LogP contribution in [0.3, 0.4) is 0 Å². The van der Waals surface area contributed by atoms with Crippen molar-refractivity contribution >= 4 is 48.4 Å². The molecule has 0 saturated heterocycles. The molecular formula is C4H9AlBrIN2. The van der Waals surface area contributed by atoms with E-state index in [1.807, 2.05) is 13.2 Å². The molecule has 0 amide bonds. The fourth-order valence-corrected chi connectivity index (χ4v) is 3.61. The minimum atomic E-state index is -0.0812. The maximum atomic E-state index is 3.42. The molecule has 0 radical (unpaired) electrons. The summed E-state index contributed by atoms with van der Waals surface area (Å²) in [5.74, 6) is 0. The van der Waals surface area contributed by atoms with Gasteiger partial charge in [-0.25, -0.2) is 0 Å². The van der Waals surface area contributed by atoms with Crippen LogP contribution < -0.4 is 5.32 Å². The monoisotopic (exact) mass is 318 g/mol. The van der Waals surface area contributed by atoms with Gasteiger partial charge < -0.3 is 9.20 Å². The lowest BCUT2D eigenvalue weighted by molar-refractivity contribution is 0.725. The summed E-state index contributed by atoms with van der Waals surface area (Å²) in [6, 6.07) is 0. The minimum Gasteiger partial charge on any atom is -0.453 e. The topological polar surface area (TPSA) is 15.3 Å². The summed E-state index contributed by atoms with van der Waals surface area (Å²) in [6.45, 7) is 0. The quantitative estimate of drug-likeness (QED) is 0.475. The average molecular weight is 319 g/mol. The summed E-state index contributed by atoms with van der Waals surface area (Å²) in [7, 11) is 3.97. The number of hydrogen-bond donors (Lipinski definition) is 1. The van der Waals surface area contributed by atoms with Crippen molar-refractivity contribution in [1.29, 1.82) is 0 Å². The number of rotatable bonds is 3. The van der Waals surface area contributed by atoms with E-state index in [1.165, 1.54) is 0 Å². The molecule has 0 fully saturated rings. The molecule has 0 atom stereocenters. The molecular weight excluding hydrogens is 310 g/mol. The Morgan fingerprint density at radius 2 is 2.44 bits per heavy atom. The molecule has 0 aromatic rings. The molecule has 0 aromatic heterocycles. The SMILES string of the molecule is CN/C=C(/Br)[N](C)[AlH][I]. The Hall–Kier alpha value is 1.08. The lowest BCUT2D eigenvalue weighted by Crippen LogP contribution is -2.16. The van der Waals surface area contributed by atoms with Crippen molar-refractivity contribution in [2.75, 3.05) is 14.1 Å². The Bertz CT molecular complexity index is 109. The Labute approximate surface area is 81.8 Å². The first kappa shape index (κ1) is 10.1. The fraction of sp³-hybridized carbons (Fsp3) is 0.500. The summed E-state index contributed by atoms with van der Waals surface area (Å²) >= 11 is 5.77. The van der Waals surface area contributed by atoms with Gasteiger partial charge in [-0.15, -0.1) is 0 Å². The summed E-state index contributed by atoms with van der Waals surface area (Å²) in [5.41, 5.74) is 0. The highest BCUT2D eigenvalue weighted by molar-refractivity contribution is 14.1. The summed E-state index contributed by atoms with van der Waals surface area (Å²) in [6.07, 6.45) is 1.94. The lowest BCUT2D eigenvalue weighted by atomic mass is 10.9. The summed E-state index contributed by atoms with van der Waals surface area (Å²) in [4.78, 5) is 0. The van der Waals surface area contributed by atoms with Crippen LogP contribution in [0.15, 0.2) is 10.8 Å². The van der Waals surface area contributed by atoms with Gasteiger partial charge in [-0.3, -0.25) is 0 Å². The average Bonchev–Trinajstić information content (AvgIpc) is 1.87. The largest absolute Gasteiger partial charge is 0.479 e. The Kier molecular flexibility index (Phi) is 6.54. The Balaban J connectivity index is 3.70. The maximum Gasteiger partial charge on any atom is 0.479 e. The van der Waals surface area contributed by atoms with Gasteiger partial charge in [-0.1, -0.05) is 0 Å². The first-order valence-electron chi connectivity index (χ1n) is 2.52. The molecule has 0 bridgehead atoms. The standard InChI is InChI=1S/C4H8BrN2.Al.HI.H/c1-6-3-4(5)7-2;;;/h3,6H,1-2H3;;1H;/q-1;+2;;/p-1/b4-3-;;;. The van der Waals surface area contributed by atoms with E-state index in [0.29, 0.717) is 0 Å². The Morgan fingerprint density at radius 1 is 1.89 bits per heavy atom. The third-order valence-electron chi connectivity index (χ3n) is 0.807. The summed E-state index contributed by atoms with van der Waals surface area (Å²) in [5, 5.41) is 2.95. The highest BCUT2D eigenvalue weighted by Gasteiger charge is 1.98. The van der Waals surface area contributed by atoms with Gasteiger partial charge in [0.15, 0.2) is 0 Å². The van der Waals surface area contributed by atoms with Crippen LogP contribution in [0.1, 0.15) is 0 Å². The molecule has 2 nitrogen and oxygen atoms in total. The van der Waals surface area contributed by atoms with Crippen molar-refractivity contribution in [3.05, 3.63) is 10.8 Å². The van der Waals surface area contributed by atoms with E-state index in [-0.39, 0.29) is 12.2 Å². The second-order valence-corrected chi connectivity index (χ2v) is 5.62. The van der Waals surface area contributed by atoms with Crippen LogP contribution in [0.25, 0.3) is 0 Å². The van der Waals surface area contributed by atoms with Crippen molar-refractivity contribution in [2.45, 2.75) is 0 Å². The first-order valence-corrected chi connectivity index (χ1v) is 9.06. The second kappa shape index (κ2) is 5.84. The van der Waals surface area contributed by atoms with Crippen molar-refractivity contribution < 1.29 is 0 Å². The third-order valence-corrected chi connectivity index (χ3v) is 5.87. The number of nitrogens with zero attached hydrogens (tertiary/aromatic N) is 1. The second-order valence-electron chi connectivity index (χ2n) is 1.57. The van der Waals surface area contributed by atoms with Crippen molar-refractivity contribution in [3.8, 4) is 0 Å². The van der Waals surface area contributed by atoms with Crippen LogP contribution >= 0.6 is 36.2 Å². The molecule has 0 saturated carbocycles. The lowest BCUT2D eigenvalue weighted by Gasteiger charge is -2.13. The smallest absolute Gasteiger partial charge is 0.453 e. The molecule has 52 valence electrons. The van der Waals surface area contributed by atoms with Crippen molar-refractivity contribution in [3.63, 3.8) is 0 Å². The highest BCUT2D eigenvalue weighted by Crippen LogP contribution is 2.07. The maximum absolute atomic E-state index is 3.42. The van der Waals surface area contributed by atoms with Gasteiger partial charge in [-0.2, -0.15) is 20.3 Å². The van der Waals surface area contributed by atoms with Gasteiger partial charge in [0.1, 0.15) is 0 Å². The van der Waals surface area contributed by atoms with E-state index in [1.54, 1.807) is 0 Å². The molecule has 1 N–H and O–H groups in total. The third kappa shape index (κ3) is 4.48. The van der Waals surface area contributed by atoms with Crippen LogP contribution in [0.4, 0.5) is 0 Å². The van der Waals surface area contributed by atoms with Gasteiger partial charge in [0.2, 0.25) is 0 Å². The van der Waals surface area contributed by atoms with Crippen LogP contribution in [-0.4, -0.2) is 30.1 Å². The number of halogens is 2.